The van der Waals surface area contributed by atoms with Crippen molar-refractivity contribution in [2.45, 2.75) is 73.7 Å². The third kappa shape index (κ3) is 1.22. The summed E-state index contributed by atoms with van der Waals surface area (Å²) in [4.78, 5) is 1.09. The smallest absolute Gasteiger partial charge is 0.254 e. The third-order valence-electron chi connectivity index (χ3n) is 8.26. The number of azo groups is 1. The average Bonchev–Trinajstić information content (AvgIpc) is 3.42. The van der Waals surface area contributed by atoms with Gasteiger partial charge in [0.1, 0.15) is 0 Å². The topological polar surface area (TPSA) is 27.7 Å². The van der Waals surface area contributed by atoms with E-state index in [1.54, 1.807) is 0 Å². The Bertz CT molecular complexity index is 845. The van der Waals surface area contributed by atoms with Crippen LogP contribution >= 0.6 is 0 Å². The predicted octanol–water partition coefficient (Wildman–Crippen LogP) is 4.92. The first-order valence-electron chi connectivity index (χ1n) is 9.32. The normalized spacial score (nSPS) is 56.7. The molecule has 2 saturated heterocycles. The van der Waals surface area contributed by atoms with Crippen molar-refractivity contribution in [3.05, 3.63) is 24.3 Å². The maximum atomic E-state index is 14.7. The summed E-state index contributed by atoms with van der Waals surface area (Å²) in [5.41, 5.74) is -10.3. The van der Waals surface area contributed by atoms with Crippen molar-refractivity contribution in [3.8, 4) is 0 Å². The van der Waals surface area contributed by atoms with Crippen LogP contribution in [0.2, 0.25) is 0 Å². The van der Waals surface area contributed by atoms with Crippen LogP contribution in [0.4, 0.5) is 26.3 Å². The van der Waals surface area contributed by atoms with Gasteiger partial charge in [0.15, 0.2) is 0 Å². The molecule has 2 saturated carbocycles. The van der Waals surface area contributed by atoms with E-state index in [1.807, 2.05) is 0 Å². The van der Waals surface area contributed by atoms with E-state index < -0.39 is 46.0 Å². The number of hydrogen-bond donors (Lipinski definition) is 0. The zero-order valence-electron chi connectivity index (χ0n) is 14.2. The van der Waals surface area contributed by atoms with E-state index in [0.29, 0.717) is 19.3 Å². The van der Waals surface area contributed by atoms with Crippen LogP contribution in [0.15, 0.2) is 34.5 Å². The van der Waals surface area contributed by atoms with E-state index in [9.17, 15) is 26.3 Å². The minimum Gasteiger partial charge on any atom is -0.254 e. The predicted molar refractivity (Wildman–Crippen MR) is 81.6 cm³/mol. The number of nitrogens with zero attached hydrogens (tertiary/aromatic N) is 3. The number of halogens is 6. The first kappa shape index (κ1) is 16.6. The molecule has 27 heavy (non-hydrogen) atoms. The van der Waals surface area contributed by atoms with Crippen LogP contribution in [-0.4, -0.2) is 40.0 Å². The number of hydrogen-bond acceptors (Lipinski definition) is 3. The Hall–Kier alpha value is -1.38. The Morgan fingerprint density at radius 3 is 2.22 bits per heavy atom. The van der Waals surface area contributed by atoms with Gasteiger partial charge < -0.3 is 0 Å². The van der Waals surface area contributed by atoms with E-state index in [2.05, 4.69) is 10.2 Å². The second-order valence-corrected chi connectivity index (χ2v) is 8.83. The van der Waals surface area contributed by atoms with Crippen molar-refractivity contribution in [2.75, 3.05) is 0 Å². The zero-order valence-corrected chi connectivity index (χ0v) is 14.2. The summed E-state index contributed by atoms with van der Waals surface area (Å²) < 4.78 is 87.9. The standard InChI is InChI=1S/C18H17F6N3/c19-17(20,21)15-12-7-4-5-8-13(12,10-12)16(26-25-15,18(22,23)24)27-11-6-2-1-3-9-14(11,15)27/h4-5,7-8,11H,1-3,6,9-10H2/t11-,12+,13-,14+,15+,16-,27?/m0/s1. The first-order valence-corrected chi connectivity index (χ1v) is 9.32. The fraction of sp³-hybridized carbons (Fsp3) is 0.778. The largest absolute Gasteiger partial charge is 0.429 e. The SMILES string of the molecule is FC(F)(F)[C@]12N=N[C@](C(F)(F)F)(N3[C@H]4CCCCC[C@]431)[C@]13C=CC=C[C@@]12C3. The monoisotopic (exact) mass is 389 g/mol. The van der Waals surface area contributed by atoms with Gasteiger partial charge in [0.2, 0.25) is 11.2 Å². The molecule has 7 rings (SSSR count). The van der Waals surface area contributed by atoms with E-state index >= 15 is 0 Å². The number of rotatable bonds is 0. The number of alkyl halides is 6. The Morgan fingerprint density at radius 2 is 1.56 bits per heavy atom. The van der Waals surface area contributed by atoms with Gasteiger partial charge >= 0.3 is 12.4 Å². The fourth-order valence-corrected chi connectivity index (χ4v) is 7.50. The van der Waals surface area contributed by atoms with Crippen LogP contribution in [0, 0.1) is 10.8 Å². The molecule has 0 aromatic rings. The summed E-state index contributed by atoms with van der Waals surface area (Å²) >= 11 is 0. The molecule has 3 nitrogen and oxygen atoms in total. The molecule has 3 aliphatic carbocycles. The van der Waals surface area contributed by atoms with Crippen molar-refractivity contribution >= 4 is 0 Å². The Labute approximate surface area is 151 Å². The van der Waals surface area contributed by atoms with Crippen molar-refractivity contribution in [2.24, 2.45) is 21.1 Å². The van der Waals surface area contributed by atoms with Crippen LogP contribution in [0.5, 0.6) is 0 Å². The molecule has 9 heteroatoms. The minimum atomic E-state index is -4.80. The van der Waals surface area contributed by atoms with Crippen molar-refractivity contribution < 1.29 is 26.3 Å². The van der Waals surface area contributed by atoms with Crippen LogP contribution in [0.25, 0.3) is 0 Å². The van der Waals surface area contributed by atoms with Gasteiger partial charge in [-0.05, 0) is 19.3 Å². The maximum absolute atomic E-state index is 14.7. The molecule has 4 heterocycles. The molecule has 0 aromatic heterocycles. The summed E-state index contributed by atoms with van der Waals surface area (Å²) in [6.07, 6.45) is -1.95. The van der Waals surface area contributed by atoms with E-state index in [0.717, 1.165) is 11.3 Å². The molecule has 7 atom stereocenters. The summed E-state index contributed by atoms with van der Waals surface area (Å²) in [7, 11) is 0. The summed E-state index contributed by atoms with van der Waals surface area (Å²) in [5, 5.41) is 7.15. The van der Waals surface area contributed by atoms with Crippen molar-refractivity contribution in [1.29, 1.82) is 0 Å². The Kier molecular flexibility index (Phi) is 2.45. The second kappa shape index (κ2) is 4.00. The lowest BCUT2D eigenvalue weighted by atomic mass is 9.58. The van der Waals surface area contributed by atoms with Crippen molar-refractivity contribution in [1.82, 2.24) is 4.90 Å². The van der Waals surface area contributed by atoms with Gasteiger partial charge in [-0.1, -0.05) is 43.6 Å². The molecule has 0 N–H and O–H groups in total. The average molecular weight is 389 g/mol. The lowest BCUT2D eigenvalue weighted by molar-refractivity contribution is -0.299. The maximum Gasteiger partial charge on any atom is 0.429 e. The number of allylic oxidation sites excluding steroid dienone is 2. The molecule has 7 aliphatic rings. The van der Waals surface area contributed by atoms with Crippen LogP contribution < -0.4 is 0 Å². The molecular weight excluding hydrogens is 372 g/mol. The third-order valence-corrected chi connectivity index (χ3v) is 8.26. The molecule has 0 aromatic carbocycles. The highest BCUT2D eigenvalue weighted by atomic mass is 19.4. The molecule has 0 amide bonds. The Morgan fingerprint density at radius 1 is 0.852 bits per heavy atom. The fourth-order valence-electron chi connectivity index (χ4n) is 7.50. The van der Waals surface area contributed by atoms with Gasteiger partial charge in [0.25, 0.3) is 0 Å². The Balaban J connectivity index is 1.73. The van der Waals surface area contributed by atoms with E-state index in [-0.39, 0.29) is 12.8 Å². The molecular formula is C18H17F6N3. The van der Waals surface area contributed by atoms with Crippen molar-refractivity contribution in [3.63, 3.8) is 0 Å². The van der Waals surface area contributed by atoms with E-state index in [4.69, 9.17) is 0 Å². The second-order valence-electron chi connectivity index (χ2n) is 8.83. The lowest BCUT2D eigenvalue weighted by Crippen LogP contribution is -2.76. The molecule has 4 fully saturated rings. The van der Waals surface area contributed by atoms with Gasteiger partial charge in [-0.3, -0.25) is 4.90 Å². The van der Waals surface area contributed by atoms with Gasteiger partial charge in [-0.15, -0.1) is 0 Å². The molecule has 0 radical (unpaired) electrons. The molecule has 1 spiro atoms. The van der Waals surface area contributed by atoms with Gasteiger partial charge in [-0.25, -0.2) is 0 Å². The van der Waals surface area contributed by atoms with E-state index in [1.165, 1.54) is 24.3 Å². The summed E-state index contributed by atoms with van der Waals surface area (Å²) in [6.45, 7) is 0. The lowest BCUT2D eigenvalue weighted by Gasteiger charge is -2.58. The zero-order chi connectivity index (χ0) is 19.1. The highest BCUT2D eigenvalue weighted by Crippen LogP contribution is 2.93. The molecule has 4 aliphatic heterocycles. The minimum absolute atomic E-state index is 0.0867. The van der Waals surface area contributed by atoms with Crippen LogP contribution in [0.1, 0.15) is 38.5 Å². The highest BCUT2D eigenvalue weighted by Gasteiger charge is 3.07. The molecule has 146 valence electrons. The van der Waals surface area contributed by atoms with Crippen LogP contribution in [-0.2, 0) is 0 Å². The molecule has 2 bridgehead atoms. The quantitative estimate of drug-likeness (QED) is 0.427. The van der Waals surface area contributed by atoms with Gasteiger partial charge in [0.05, 0.1) is 11.0 Å². The highest BCUT2D eigenvalue weighted by molar-refractivity contribution is 5.60. The number of piperidine rings is 1. The van der Waals surface area contributed by atoms with Gasteiger partial charge in [0, 0.05) is 11.5 Å². The summed E-state index contributed by atoms with van der Waals surface area (Å²) in [5.74, 6) is 0. The van der Waals surface area contributed by atoms with Gasteiger partial charge in [-0.2, -0.15) is 36.6 Å². The van der Waals surface area contributed by atoms with Crippen LogP contribution in [0.3, 0.4) is 0 Å². The molecule has 1 unspecified atom stereocenters. The summed E-state index contributed by atoms with van der Waals surface area (Å²) in [6, 6.07) is -0.778. The first-order chi connectivity index (χ1) is 12.6.